The topological polar surface area (TPSA) is 9.86 Å². The summed E-state index contributed by atoms with van der Waals surface area (Å²) in [5.41, 5.74) is 7.11. The van der Waals surface area contributed by atoms with Gasteiger partial charge in [0.1, 0.15) is 0 Å². The second-order valence-corrected chi connectivity index (χ2v) is 20.6. The predicted molar refractivity (Wildman–Crippen MR) is 271 cm³/mol. The van der Waals surface area contributed by atoms with E-state index in [-0.39, 0.29) is 0 Å². The third-order valence-corrected chi connectivity index (χ3v) is 18.4. The van der Waals surface area contributed by atoms with Crippen LogP contribution >= 0.6 is 0 Å². The van der Waals surface area contributed by atoms with Crippen molar-refractivity contribution in [1.82, 2.24) is 9.13 Å². The zero-order valence-corrected chi connectivity index (χ0v) is 35.5. The number of nitrogens with zero attached hydrogens (tertiary/aromatic N) is 2. The van der Waals surface area contributed by atoms with Gasteiger partial charge in [0, 0.05) is 38.3 Å². The Morgan fingerprint density at radius 2 is 0.651 bits per heavy atom. The van der Waals surface area contributed by atoms with Gasteiger partial charge in [0.15, 0.2) is 8.07 Å². The maximum atomic E-state index is 2.58. The third kappa shape index (κ3) is 5.18. The number of aromatic nitrogens is 2. The minimum Gasteiger partial charge on any atom is -0.309 e. The first-order valence-electron chi connectivity index (χ1n) is 21.9. The van der Waals surface area contributed by atoms with Crippen LogP contribution in [-0.2, 0) is 0 Å². The average Bonchev–Trinajstić information content (AvgIpc) is 3.88. The van der Waals surface area contributed by atoms with Crippen molar-refractivity contribution < 1.29 is 0 Å². The monoisotopic (exact) mass is 816 g/mol. The number of fused-ring (bicyclic) bond motifs is 13. The summed E-state index contributed by atoms with van der Waals surface area (Å²) in [5, 5.41) is 18.2. The van der Waals surface area contributed by atoms with E-state index < -0.39 is 8.07 Å². The number of benzene rings is 11. The van der Waals surface area contributed by atoms with Crippen LogP contribution in [0.1, 0.15) is 0 Å². The maximum absolute atomic E-state index is 2.85. The molecule has 2 nitrogen and oxygen atoms in total. The van der Waals surface area contributed by atoms with Crippen LogP contribution in [0.25, 0.3) is 87.3 Å². The summed E-state index contributed by atoms with van der Waals surface area (Å²) < 4.78 is 4.93. The summed E-state index contributed by atoms with van der Waals surface area (Å²) in [4.78, 5) is 0. The van der Waals surface area contributed by atoms with Crippen LogP contribution in [0.4, 0.5) is 0 Å². The molecule has 0 aliphatic heterocycles. The highest BCUT2D eigenvalue weighted by Gasteiger charge is 2.41. The standard InChI is InChI=1S/C60H40N2Si/c1-5-19-41(20-6-1)61-55-32-18-17-30-50(55)53-39-42(33-36-56(53)61)62-57-37-34-46(63(43-21-7-2-8-22-43,44-23-9-3-10-24-44)45-25-11-4-12-26-45)40-54(57)60-58(62)38-35-52-49-29-14-13-27-47(49)48-28-15-16-31-51(48)59(52)60/h1-40H. The lowest BCUT2D eigenvalue weighted by Crippen LogP contribution is -2.74. The molecule has 0 aliphatic rings. The number of hydrogen-bond donors (Lipinski definition) is 0. The second kappa shape index (κ2) is 14.0. The summed E-state index contributed by atoms with van der Waals surface area (Å²) in [6.45, 7) is 0. The van der Waals surface area contributed by atoms with E-state index in [0.717, 1.165) is 11.4 Å². The highest BCUT2D eigenvalue weighted by Crippen LogP contribution is 2.44. The number of rotatable bonds is 6. The van der Waals surface area contributed by atoms with Crippen molar-refractivity contribution in [2.24, 2.45) is 0 Å². The van der Waals surface area contributed by atoms with Gasteiger partial charge in [-0.05, 0) is 96.2 Å². The fourth-order valence-electron chi connectivity index (χ4n) is 11.0. The Bertz CT molecular complexity index is 3760. The second-order valence-electron chi connectivity index (χ2n) is 16.8. The van der Waals surface area contributed by atoms with Crippen LogP contribution in [0.2, 0.25) is 0 Å². The van der Waals surface area contributed by atoms with Gasteiger partial charge in [-0.15, -0.1) is 0 Å². The van der Waals surface area contributed by atoms with Crippen LogP contribution in [0.15, 0.2) is 243 Å². The molecule has 294 valence electrons. The summed E-state index contributed by atoms with van der Waals surface area (Å²) in [6.07, 6.45) is 0. The fourth-order valence-corrected chi connectivity index (χ4v) is 15.8. The predicted octanol–water partition coefficient (Wildman–Crippen LogP) is 12.7. The fraction of sp³-hybridized carbons (Fsp3) is 0. The Kier molecular flexibility index (Phi) is 7.96. The zero-order valence-electron chi connectivity index (χ0n) is 34.5. The number of hydrogen-bond acceptors (Lipinski definition) is 0. The van der Waals surface area contributed by atoms with E-state index in [0.29, 0.717) is 0 Å². The van der Waals surface area contributed by atoms with Gasteiger partial charge in [0.2, 0.25) is 0 Å². The Hall–Kier alpha value is -7.98. The molecule has 0 unspecified atom stereocenters. The van der Waals surface area contributed by atoms with Gasteiger partial charge in [-0.1, -0.05) is 194 Å². The Labute approximate surface area is 366 Å². The van der Waals surface area contributed by atoms with Gasteiger partial charge in [0.25, 0.3) is 0 Å². The van der Waals surface area contributed by atoms with Gasteiger partial charge in [-0.3, -0.25) is 0 Å². The molecule has 2 aromatic heterocycles. The van der Waals surface area contributed by atoms with E-state index >= 15 is 0 Å². The van der Waals surface area contributed by atoms with Gasteiger partial charge in [0.05, 0.1) is 22.1 Å². The van der Waals surface area contributed by atoms with Crippen molar-refractivity contribution in [3.05, 3.63) is 243 Å². The third-order valence-electron chi connectivity index (χ3n) is 13.6. The van der Waals surface area contributed by atoms with Crippen molar-refractivity contribution in [2.45, 2.75) is 0 Å². The van der Waals surface area contributed by atoms with Crippen LogP contribution in [0, 0.1) is 0 Å². The van der Waals surface area contributed by atoms with Gasteiger partial charge in [-0.2, -0.15) is 0 Å². The summed E-state index contributed by atoms with van der Waals surface area (Å²) >= 11 is 0. The first-order valence-corrected chi connectivity index (χ1v) is 23.9. The first kappa shape index (κ1) is 35.7. The molecule has 0 atom stereocenters. The molecule has 63 heavy (non-hydrogen) atoms. The maximum Gasteiger partial charge on any atom is 0.179 e. The van der Waals surface area contributed by atoms with E-state index in [4.69, 9.17) is 0 Å². The molecule has 0 bridgehead atoms. The lowest BCUT2D eigenvalue weighted by Gasteiger charge is -2.34. The van der Waals surface area contributed by atoms with E-state index in [2.05, 4.69) is 252 Å². The molecule has 0 N–H and O–H groups in total. The van der Waals surface area contributed by atoms with Crippen molar-refractivity contribution in [2.75, 3.05) is 0 Å². The van der Waals surface area contributed by atoms with E-state index in [1.54, 1.807) is 0 Å². The van der Waals surface area contributed by atoms with Crippen LogP contribution in [0.3, 0.4) is 0 Å². The molecule has 0 saturated carbocycles. The summed E-state index contributed by atoms with van der Waals surface area (Å²) in [5.74, 6) is 0. The minimum atomic E-state index is -2.85. The quantitative estimate of drug-likeness (QED) is 0.0899. The molecule has 0 amide bonds. The van der Waals surface area contributed by atoms with Crippen molar-refractivity contribution in [3.63, 3.8) is 0 Å². The molecule has 2 heterocycles. The zero-order chi connectivity index (χ0) is 41.5. The number of para-hydroxylation sites is 2. The lowest BCUT2D eigenvalue weighted by atomic mass is 9.92. The average molecular weight is 817 g/mol. The molecule has 3 heteroatoms. The highest BCUT2D eigenvalue weighted by molar-refractivity contribution is 7.20. The van der Waals surface area contributed by atoms with E-state index in [9.17, 15) is 0 Å². The molecule has 13 rings (SSSR count). The largest absolute Gasteiger partial charge is 0.309 e. The first-order chi connectivity index (χ1) is 31.3. The molecule has 13 aromatic rings. The Morgan fingerprint density at radius 1 is 0.222 bits per heavy atom. The van der Waals surface area contributed by atoms with Crippen LogP contribution in [0.5, 0.6) is 0 Å². The van der Waals surface area contributed by atoms with Crippen molar-refractivity contribution in [3.8, 4) is 11.4 Å². The molecule has 0 spiro atoms. The molecule has 0 saturated heterocycles. The molecule has 0 fully saturated rings. The molecular weight excluding hydrogens is 777 g/mol. The van der Waals surface area contributed by atoms with Crippen molar-refractivity contribution in [1.29, 1.82) is 0 Å². The molecule has 0 radical (unpaired) electrons. The SMILES string of the molecule is c1ccc(-n2c3ccccc3c3cc(-n4c5ccc([Si](c6ccccc6)(c6ccccc6)c6ccccc6)cc5c5c6c7ccccc7c7ccccc7c6ccc54)ccc32)cc1. The normalized spacial score (nSPS) is 12.1. The van der Waals surface area contributed by atoms with Gasteiger partial charge >= 0.3 is 0 Å². The highest BCUT2D eigenvalue weighted by atomic mass is 28.3. The minimum absolute atomic E-state index is 1.15. The molecular formula is C60H40N2Si. The molecule has 11 aromatic carbocycles. The van der Waals surface area contributed by atoms with Gasteiger partial charge < -0.3 is 9.13 Å². The Morgan fingerprint density at radius 3 is 1.27 bits per heavy atom. The van der Waals surface area contributed by atoms with Crippen LogP contribution < -0.4 is 20.7 Å². The van der Waals surface area contributed by atoms with Crippen LogP contribution in [-0.4, -0.2) is 17.2 Å². The van der Waals surface area contributed by atoms with E-state index in [1.165, 1.54) is 96.7 Å². The summed E-state index contributed by atoms with van der Waals surface area (Å²) in [7, 11) is -2.85. The lowest BCUT2D eigenvalue weighted by molar-refractivity contribution is 1.17. The van der Waals surface area contributed by atoms with Crippen molar-refractivity contribution >= 4 is 105 Å². The smallest absolute Gasteiger partial charge is 0.179 e. The summed E-state index contributed by atoms with van der Waals surface area (Å²) in [6, 6.07) is 90.6. The van der Waals surface area contributed by atoms with Gasteiger partial charge in [-0.25, -0.2) is 0 Å². The van der Waals surface area contributed by atoms with E-state index in [1.807, 2.05) is 0 Å². The Balaban J connectivity index is 1.20. The molecule has 0 aliphatic carbocycles.